The molecule has 1 amide bonds. The Balaban J connectivity index is 2.27. The van der Waals surface area contributed by atoms with Crippen LogP contribution in [0.3, 0.4) is 0 Å². The highest BCUT2D eigenvalue weighted by Gasteiger charge is 2.06. The molecule has 0 bridgehead atoms. The molecule has 0 unspecified atom stereocenters. The van der Waals surface area contributed by atoms with E-state index in [-0.39, 0.29) is 5.91 Å². The molecule has 0 atom stereocenters. The Kier molecular flexibility index (Phi) is 6.90. The number of amides is 1. The number of hydrogen-bond acceptors (Lipinski definition) is 3. The normalized spacial score (nSPS) is 10.7. The van der Waals surface area contributed by atoms with Gasteiger partial charge in [0.15, 0.2) is 0 Å². The zero-order chi connectivity index (χ0) is 13.4. The third-order valence-corrected chi connectivity index (χ3v) is 3.26. The van der Waals surface area contributed by atoms with Crippen molar-refractivity contribution in [3.63, 3.8) is 0 Å². The van der Waals surface area contributed by atoms with Gasteiger partial charge in [-0.25, -0.2) is 4.98 Å². The maximum Gasteiger partial charge on any atom is 0.269 e. The number of rotatable bonds is 7. The van der Waals surface area contributed by atoms with Crippen LogP contribution >= 0.6 is 15.9 Å². The Morgan fingerprint density at radius 1 is 1.39 bits per heavy atom. The number of carbonyl (C=O) groups excluding carboxylic acids is 1. The van der Waals surface area contributed by atoms with Gasteiger partial charge >= 0.3 is 0 Å². The summed E-state index contributed by atoms with van der Waals surface area (Å²) in [6.07, 6.45) is 2.59. The Hall–Kier alpha value is -0.940. The lowest BCUT2D eigenvalue weighted by atomic mass is 10.3. The predicted octanol–water partition coefficient (Wildman–Crippen LogP) is 2.31. The Morgan fingerprint density at radius 2 is 2.11 bits per heavy atom. The molecular weight excluding hydrogens is 294 g/mol. The lowest BCUT2D eigenvalue weighted by molar-refractivity contribution is 0.0947. The lowest BCUT2D eigenvalue weighted by Crippen LogP contribution is -2.30. The van der Waals surface area contributed by atoms with Gasteiger partial charge < -0.3 is 10.2 Å². The highest BCUT2D eigenvalue weighted by atomic mass is 79.9. The second kappa shape index (κ2) is 8.21. The quantitative estimate of drug-likeness (QED) is 0.786. The first kappa shape index (κ1) is 15.1. The van der Waals surface area contributed by atoms with Crippen LogP contribution in [-0.2, 0) is 0 Å². The van der Waals surface area contributed by atoms with E-state index < -0.39 is 0 Å². The highest BCUT2D eigenvalue weighted by molar-refractivity contribution is 9.10. The number of carbonyl (C=O) groups is 1. The van der Waals surface area contributed by atoms with E-state index >= 15 is 0 Å². The summed E-state index contributed by atoms with van der Waals surface area (Å²) in [5, 5.41) is 2.88. The van der Waals surface area contributed by atoms with E-state index in [1.807, 2.05) is 6.07 Å². The number of halogens is 1. The molecule has 1 heterocycles. The molecule has 0 aliphatic rings. The molecular formula is C13H20BrN3O. The molecule has 18 heavy (non-hydrogen) atoms. The largest absolute Gasteiger partial charge is 0.351 e. The van der Waals surface area contributed by atoms with Crippen LogP contribution in [0.15, 0.2) is 22.8 Å². The SMILES string of the molecule is CCN(CC)CCCNC(=O)c1ccc(Br)cn1. The molecule has 1 N–H and O–H groups in total. The first-order chi connectivity index (χ1) is 8.67. The topological polar surface area (TPSA) is 45.2 Å². The molecule has 1 aromatic heterocycles. The van der Waals surface area contributed by atoms with Crippen LogP contribution in [0, 0.1) is 0 Å². The maximum absolute atomic E-state index is 11.7. The lowest BCUT2D eigenvalue weighted by Gasteiger charge is -2.17. The van der Waals surface area contributed by atoms with Crippen molar-refractivity contribution in [2.24, 2.45) is 0 Å². The average Bonchev–Trinajstić information content (AvgIpc) is 2.39. The van der Waals surface area contributed by atoms with Crippen molar-refractivity contribution < 1.29 is 4.79 Å². The van der Waals surface area contributed by atoms with Crippen LogP contribution < -0.4 is 5.32 Å². The predicted molar refractivity (Wildman–Crippen MR) is 76.7 cm³/mol. The second-order valence-electron chi connectivity index (χ2n) is 4.00. The molecule has 100 valence electrons. The van der Waals surface area contributed by atoms with Gasteiger partial charge in [0.05, 0.1) is 0 Å². The summed E-state index contributed by atoms with van der Waals surface area (Å²) >= 11 is 3.29. The van der Waals surface area contributed by atoms with E-state index in [1.165, 1.54) is 0 Å². The van der Waals surface area contributed by atoms with Gasteiger partial charge in [0.1, 0.15) is 5.69 Å². The fourth-order valence-electron chi connectivity index (χ4n) is 1.65. The molecule has 0 radical (unpaired) electrons. The van der Waals surface area contributed by atoms with Gasteiger partial charge in [-0.15, -0.1) is 0 Å². The highest BCUT2D eigenvalue weighted by Crippen LogP contribution is 2.07. The molecule has 1 aromatic rings. The summed E-state index contributed by atoms with van der Waals surface area (Å²) in [6.45, 7) is 8.10. The van der Waals surface area contributed by atoms with Gasteiger partial charge in [-0.1, -0.05) is 13.8 Å². The Morgan fingerprint density at radius 3 is 2.67 bits per heavy atom. The van der Waals surface area contributed by atoms with Crippen molar-refractivity contribution in [1.29, 1.82) is 0 Å². The zero-order valence-corrected chi connectivity index (χ0v) is 12.5. The monoisotopic (exact) mass is 313 g/mol. The van der Waals surface area contributed by atoms with Gasteiger partial charge in [-0.2, -0.15) is 0 Å². The standard InChI is InChI=1S/C13H20BrN3O/c1-3-17(4-2)9-5-8-15-13(18)12-7-6-11(14)10-16-12/h6-7,10H,3-5,8-9H2,1-2H3,(H,15,18). The molecule has 1 rings (SSSR count). The minimum atomic E-state index is -0.109. The van der Waals surface area contributed by atoms with Gasteiger partial charge in [0.25, 0.3) is 5.91 Å². The van der Waals surface area contributed by atoms with Crippen molar-refractivity contribution in [3.05, 3.63) is 28.5 Å². The van der Waals surface area contributed by atoms with E-state index in [4.69, 9.17) is 0 Å². The molecule has 0 aliphatic carbocycles. The summed E-state index contributed by atoms with van der Waals surface area (Å²) in [7, 11) is 0. The summed E-state index contributed by atoms with van der Waals surface area (Å²) in [4.78, 5) is 18.1. The first-order valence-electron chi connectivity index (χ1n) is 6.29. The van der Waals surface area contributed by atoms with Crippen LogP contribution in [-0.4, -0.2) is 42.0 Å². The molecule has 0 aliphatic heterocycles. The second-order valence-corrected chi connectivity index (χ2v) is 4.91. The average molecular weight is 314 g/mol. The van der Waals surface area contributed by atoms with Crippen LogP contribution in [0.2, 0.25) is 0 Å². The van der Waals surface area contributed by atoms with Gasteiger partial charge in [0.2, 0.25) is 0 Å². The van der Waals surface area contributed by atoms with E-state index in [0.29, 0.717) is 12.2 Å². The third-order valence-electron chi connectivity index (χ3n) is 2.79. The smallest absolute Gasteiger partial charge is 0.269 e. The van der Waals surface area contributed by atoms with Gasteiger partial charge in [-0.3, -0.25) is 4.79 Å². The van der Waals surface area contributed by atoms with Crippen molar-refractivity contribution in [2.45, 2.75) is 20.3 Å². The van der Waals surface area contributed by atoms with E-state index in [9.17, 15) is 4.79 Å². The minimum absolute atomic E-state index is 0.109. The van der Waals surface area contributed by atoms with Crippen molar-refractivity contribution in [1.82, 2.24) is 15.2 Å². The molecule has 0 saturated carbocycles. The van der Waals surface area contributed by atoms with E-state index in [0.717, 1.165) is 30.5 Å². The molecule has 0 aromatic carbocycles. The van der Waals surface area contributed by atoms with Crippen molar-refractivity contribution in [3.8, 4) is 0 Å². The molecule has 0 saturated heterocycles. The van der Waals surface area contributed by atoms with E-state index in [1.54, 1.807) is 12.3 Å². The van der Waals surface area contributed by atoms with Crippen molar-refractivity contribution in [2.75, 3.05) is 26.2 Å². The summed E-state index contributed by atoms with van der Waals surface area (Å²) in [6, 6.07) is 3.53. The number of hydrogen-bond donors (Lipinski definition) is 1. The Labute approximate surface area is 117 Å². The number of aromatic nitrogens is 1. The van der Waals surface area contributed by atoms with Crippen LogP contribution in [0.25, 0.3) is 0 Å². The third kappa shape index (κ3) is 5.14. The fourth-order valence-corrected chi connectivity index (χ4v) is 1.88. The summed E-state index contributed by atoms with van der Waals surface area (Å²) < 4.78 is 0.876. The molecule has 4 nitrogen and oxygen atoms in total. The zero-order valence-electron chi connectivity index (χ0n) is 10.9. The van der Waals surface area contributed by atoms with Gasteiger partial charge in [0, 0.05) is 17.2 Å². The van der Waals surface area contributed by atoms with Crippen LogP contribution in [0.5, 0.6) is 0 Å². The van der Waals surface area contributed by atoms with Crippen LogP contribution in [0.4, 0.5) is 0 Å². The van der Waals surface area contributed by atoms with Crippen LogP contribution in [0.1, 0.15) is 30.8 Å². The summed E-state index contributed by atoms with van der Waals surface area (Å²) in [5.74, 6) is -0.109. The van der Waals surface area contributed by atoms with Crippen molar-refractivity contribution >= 4 is 21.8 Å². The Bertz CT molecular complexity index is 363. The maximum atomic E-state index is 11.7. The number of pyridine rings is 1. The molecule has 0 fully saturated rings. The molecule has 0 spiro atoms. The summed E-state index contributed by atoms with van der Waals surface area (Å²) in [5.41, 5.74) is 0.459. The van der Waals surface area contributed by atoms with Gasteiger partial charge in [-0.05, 0) is 54.1 Å². The number of nitrogens with one attached hydrogen (secondary N) is 1. The van der Waals surface area contributed by atoms with E-state index in [2.05, 4.69) is 45.0 Å². The fraction of sp³-hybridized carbons (Fsp3) is 0.538. The minimum Gasteiger partial charge on any atom is -0.351 e. The first-order valence-corrected chi connectivity index (χ1v) is 7.08. The number of nitrogens with zero attached hydrogens (tertiary/aromatic N) is 2. The molecule has 5 heteroatoms.